The van der Waals surface area contributed by atoms with Gasteiger partial charge >= 0.3 is 0 Å². The van der Waals surface area contributed by atoms with Crippen molar-refractivity contribution in [1.82, 2.24) is 5.32 Å². The summed E-state index contributed by atoms with van der Waals surface area (Å²) < 4.78 is 0. The van der Waals surface area contributed by atoms with Crippen LogP contribution in [-0.2, 0) is 4.79 Å². The Morgan fingerprint density at radius 3 is 2.46 bits per heavy atom. The van der Waals surface area contributed by atoms with Crippen LogP contribution in [0.4, 0.5) is 0 Å². The highest BCUT2D eigenvalue weighted by Gasteiger charge is 2.26. The molecule has 0 radical (unpaired) electrons. The summed E-state index contributed by atoms with van der Waals surface area (Å²) in [5.41, 5.74) is 1.03. The highest BCUT2D eigenvalue weighted by molar-refractivity contribution is 5.83. The first-order valence-electron chi connectivity index (χ1n) is 4.00. The minimum Gasteiger partial charge on any atom is -0.349 e. The number of carbonyl (C=O) groups is 1. The molecule has 1 unspecified atom stereocenters. The van der Waals surface area contributed by atoms with E-state index in [2.05, 4.69) is 10.2 Å². The lowest BCUT2D eigenvalue weighted by molar-refractivity contribution is -0.137. The van der Waals surface area contributed by atoms with Gasteiger partial charge in [0, 0.05) is 0 Å². The Bertz CT molecular complexity index is 312. The monoisotopic (exact) mass is 179 g/mol. The van der Waals surface area contributed by atoms with E-state index in [1.165, 1.54) is 0 Å². The van der Waals surface area contributed by atoms with Crippen LogP contribution in [0.25, 0.3) is 0 Å². The van der Waals surface area contributed by atoms with Crippen molar-refractivity contribution in [2.75, 3.05) is 0 Å². The van der Waals surface area contributed by atoms with E-state index in [9.17, 15) is 4.79 Å². The summed E-state index contributed by atoms with van der Waals surface area (Å²) in [6, 6.07) is 7.06. The quantitative estimate of drug-likeness (QED) is 0.406. The van der Waals surface area contributed by atoms with E-state index in [4.69, 9.17) is 5.26 Å². The maximum atomic E-state index is 10.6. The highest BCUT2D eigenvalue weighted by Crippen LogP contribution is 2.25. The lowest BCUT2D eigenvalue weighted by Gasteiger charge is -2.27. The molecule has 2 N–H and O–H groups in total. The molecule has 68 valence electrons. The van der Waals surface area contributed by atoms with Crippen molar-refractivity contribution < 1.29 is 14.9 Å². The van der Waals surface area contributed by atoms with Crippen LogP contribution in [0.3, 0.4) is 0 Å². The molecule has 0 saturated carbocycles. The van der Waals surface area contributed by atoms with Crippen LogP contribution in [0, 0.1) is 0 Å². The van der Waals surface area contributed by atoms with Crippen molar-refractivity contribution in [2.24, 2.45) is 0 Å². The number of rotatable bonds is 2. The van der Waals surface area contributed by atoms with Crippen LogP contribution in [0.1, 0.15) is 18.0 Å². The van der Waals surface area contributed by atoms with Crippen LogP contribution < -0.4 is 10.2 Å². The lowest BCUT2D eigenvalue weighted by atomic mass is 9.97. The fourth-order valence-electron chi connectivity index (χ4n) is 1.32. The fraction of sp³-hybridized carbons (Fsp3) is 0.222. The molecule has 4 nitrogen and oxygen atoms in total. The zero-order chi connectivity index (χ0) is 9.26. The van der Waals surface area contributed by atoms with Gasteiger partial charge in [-0.2, -0.15) is 0 Å². The van der Waals surface area contributed by atoms with Crippen LogP contribution in [0.2, 0.25) is 0 Å². The Kier molecular flexibility index (Phi) is 1.90. The molecular weight excluding hydrogens is 170 g/mol. The van der Waals surface area contributed by atoms with Crippen molar-refractivity contribution in [3.63, 3.8) is 0 Å². The molecule has 0 aromatic heterocycles. The summed E-state index contributed by atoms with van der Waals surface area (Å²) in [5, 5.41) is 11.1. The second kappa shape index (κ2) is 3.06. The summed E-state index contributed by atoms with van der Waals surface area (Å²) in [6.45, 7) is 0. The molecule has 4 heteroatoms. The number of carbonyl (C=O) groups excluding carboxylic acids is 1. The van der Waals surface area contributed by atoms with Gasteiger partial charge in [-0.05, 0) is 17.7 Å². The van der Waals surface area contributed by atoms with Gasteiger partial charge in [-0.25, -0.2) is 5.26 Å². The predicted molar refractivity (Wildman–Crippen MR) is 45.2 cm³/mol. The molecule has 1 aromatic carbocycles. The lowest BCUT2D eigenvalue weighted by Crippen LogP contribution is -2.41. The molecule has 0 aliphatic carbocycles. The van der Waals surface area contributed by atoms with Gasteiger partial charge in [0.2, 0.25) is 5.91 Å². The summed E-state index contributed by atoms with van der Waals surface area (Å²) in [6.07, 6.45) is 0.541. The van der Waals surface area contributed by atoms with Gasteiger partial charge in [-0.3, -0.25) is 4.79 Å². The molecule has 1 aromatic rings. The van der Waals surface area contributed by atoms with Crippen LogP contribution in [0.15, 0.2) is 24.3 Å². The molecule has 0 spiro atoms. The molecule has 1 amide bonds. The first-order valence-corrected chi connectivity index (χ1v) is 4.00. The van der Waals surface area contributed by atoms with E-state index in [1.54, 1.807) is 12.1 Å². The van der Waals surface area contributed by atoms with Gasteiger partial charge in [-0.15, -0.1) is 0 Å². The van der Waals surface area contributed by atoms with Gasteiger partial charge in [0.15, 0.2) is 5.75 Å². The molecular formula is C9H9NO3. The summed E-state index contributed by atoms with van der Waals surface area (Å²) in [4.78, 5) is 14.7. The van der Waals surface area contributed by atoms with E-state index in [1.807, 2.05) is 12.1 Å². The van der Waals surface area contributed by atoms with E-state index in [0.29, 0.717) is 12.2 Å². The molecule has 1 aliphatic heterocycles. The average molecular weight is 179 g/mol. The third-order valence-corrected chi connectivity index (χ3v) is 2.11. The maximum Gasteiger partial charge on any atom is 0.222 e. The molecule has 0 bridgehead atoms. The predicted octanol–water partition coefficient (Wildman–Crippen LogP) is 1.10. The first-order chi connectivity index (χ1) is 6.29. The number of hydrogen-bond donors (Lipinski definition) is 2. The average Bonchev–Trinajstić information content (AvgIpc) is 2.13. The number of β-lactam (4-membered cyclic amide) rings is 1. The van der Waals surface area contributed by atoms with Gasteiger partial charge < -0.3 is 10.2 Å². The second-order valence-electron chi connectivity index (χ2n) is 2.98. The van der Waals surface area contributed by atoms with E-state index >= 15 is 0 Å². The second-order valence-corrected chi connectivity index (χ2v) is 2.98. The summed E-state index contributed by atoms with van der Waals surface area (Å²) in [5.74, 6) is 0.474. The Morgan fingerprint density at radius 2 is 2.00 bits per heavy atom. The number of benzene rings is 1. The van der Waals surface area contributed by atoms with Crippen LogP contribution in [0.5, 0.6) is 5.75 Å². The Labute approximate surface area is 75.1 Å². The minimum absolute atomic E-state index is 0.0764. The van der Waals surface area contributed by atoms with E-state index in [-0.39, 0.29) is 11.9 Å². The van der Waals surface area contributed by atoms with Crippen molar-refractivity contribution in [3.8, 4) is 5.75 Å². The van der Waals surface area contributed by atoms with Crippen LogP contribution >= 0.6 is 0 Å². The zero-order valence-corrected chi connectivity index (χ0v) is 6.86. The summed E-state index contributed by atoms with van der Waals surface area (Å²) in [7, 11) is 0. The van der Waals surface area contributed by atoms with Gasteiger partial charge in [0.05, 0.1) is 12.5 Å². The third-order valence-electron chi connectivity index (χ3n) is 2.11. The van der Waals surface area contributed by atoms with Crippen molar-refractivity contribution in [3.05, 3.63) is 29.8 Å². The molecule has 13 heavy (non-hydrogen) atoms. The zero-order valence-electron chi connectivity index (χ0n) is 6.86. The van der Waals surface area contributed by atoms with Gasteiger partial charge in [0.25, 0.3) is 0 Å². The Balaban J connectivity index is 2.10. The van der Waals surface area contributed by atoms with Crippen molar-refractivity contribution in [2.45, 2.75) is 12.5 Å². The Morgan fingerprint density at radius 1 is 1.38 bits per heavy atom. The Hall–Kier alpha value is -1.55. The molecule has 1 saturated heterocycles. The molecule has 1 atom stereocenters. The number of hydrogen-bond acceptors (Lipinski definition) is 3. The first kappa shape index (κ1) is 8.07. The highest BCUT2D eigenvalue weighted by atomic mass is 17.1. The third kappa shape index (κ3) is 1.48. The smallest absolute Gasteiger partial charge is 0.222 e. The molecule has 1 heterocycles. The molecule has 2 rings (SSSR count). The van der Waals surface area contributed by atoms with E-state index in [0.717, 1.165) is 5.56 Å². The largest absolute Gasteiger partial charge is 0.349 e. The van der Waals surface area contributed by atoms with Crippen molar-refractivity contribution in [1.29, 1.82) is 0 Å². The topological polar surface area (TPSA) is 58.6 Å². The normalized spacial score (nSPS) is 20.4. The molecule has 1 aliphatic rings. The standard InChI is InChI=1S/C9H9NO3/c11-9-5-8(10-9)6-1-3-7(13-12)4-2-6/h1-4,8,12H,5H2,(H,10,11). The minimum atomic E-state index is 0.0764. The number of nitrogens with one attached hydrogen (secondary N) is 1. The molecule has 1 fully saturated rings. The fourth-order valence-corrected chi connectivity index (χ4v) is 1.32. The van der Waals surface area contributed by atoms with Crippen LogP contribution in [-0.4, -0.2) is 11.2 Å². The maximum absolute atomic E-state index is 10.6. The SMILES string of the molecule is O=C1CC(c2ccc(OO)cc2)N1. The number of amides is 1. The van der Waals surface area contributed by atoms with E-state index < -0.39 is 0 Å². The van der Waals surface area contributed by atoms with Gasteiger partial charge in [0.1, 0.15) is 0 Å². The van der Waals surface area contributed by atoms with Gasteiger partial charge in [-0.1, -0.05) is 12.1 Å². The van der Waals surface area contributed by atoms with Crippen molar-refractivity contribution >= 4 is 5.91 Å². The summed E-state index contributed by atoms with van der Waals surface area (Å²) >= 11 is 0.